The lowest BCUT2D eigenvalue weighted by molar-refractivity contribution is 0.223. The number of guanidine groups is 1. The molecule has 10 heteroatoms. The van der Waals surface area contributed by atoms with Gasteiger partial charge in [-0.15, -0.1) is 0 Å². The Morgan fingerprint density at radius 2 is 2.00 bits per heavy atom. The van der Waals surface area contributed by atoms with Crippen LogP contribution in [0.2, 0.25) is 0 Å². The van der Waals surface area contributed by atoms with Crippen molar-refractivity contribution in [3.05, 3.63) is 24.3 Å². The number of hydrogen-bond acceptors (Lipinski definition) is 6. The average molecular weight is 431 g/mol. The van der Waals surface area contributed by atoms with E-state index in [4.69, 9.17) is 9.47 Å². The molecule has 8 nitrogen and oxygen atoms in total. The highest BCUT2D eigenvalue weighted by Crippen LogP contribution is 2.19. The van der Waals surface area contributed by atoms with Crippen molar-refractivity contribution >= 4 is 27.7 Å². The second-order valence-corrected chi connectivity index (χ2v) is 9.63. The summed E-state index contributed by atoms with van der Waals surface area (Å²) >= 11 is 1.79. The lowest BCUT2D eigenvalue weighted by atomic mass is 10.3. The fourth-order valence-corrected chi connectivity index (χ4v) is 5.15. The van der Waals surface area contributed by atoms with E-state index < -0.39 is 10.0 Å². The van der Waals surface area contributed by atoms with Crippen molar-refractivity contribution < 1.29 is 17.9 Å². The van der Waals surface area contributed by atoms with Crippen molar-refractivity contribution in [2.45, 2.75) is 13.0 Å². The van der Waals surface area contributed by atoms with Crippen LogP contribution in [0.15, 0.2) is 29.3 Å². The van der Waals surface area contributed by atoms with E-state index in [0.29, 0.717) is 32.1 Å². The fourth-order valence-electron chi connectivity index (χ4n) is 2.66. The van der Waals surface area contributed by atoms with Gasteiger partial charge in [0.2, 0.25) is 10.0 Å². The standard InChI is InChI=1S/C18H30N4O4S2/c1-15(26-17-6-4-5-16(13-17)25-3)14-21-18(19-2)20-7-12-28(23,24)22-8-10-27-11-9-22/h4-6,13,15H,7-12,14H2,1-3H3,(H2,19,20,21). The van der Waals surface area contributed by atoms with E-state index in [1.165, 1.54) is 0 Å². The van der Waals surface area contributed by atoms with Crippen LogP contribution in [-0.4, -0.2) is 82.4 Å². The van der Waals surface area contributed by atoms with Crippen LogP contribution < -0.4 is 20.1 Å². The van der Waals surface area contributed by atoms with Gasteiger partial charge in [0.15, 0.2) is 5.96 Å². The summed E-state index contributed by atoms with van der Waals surface area (Å²) in [4.78, 5) is 4.13. The number of hydrogen-bond donors (Lipinski definition) is 2. The minimum absolute atomic E-state index is 0.0498. The summed E-state index contributed by atoms with van der Waals surface area (Å²) in [6, 6.07) is 7.43. The molecule has 0 aromatic heterocycles. The molecule has 0 bridgehead atoms. The van der Waals surface area contributed by atoms with Crippen molar-refractivity contribution in [2.75, 3.05) is 57.6 Å². The predicted octanol–water partition coefficient (Wildman–Crippen LogP) is 1.01. The summed E-state index contributed by atoms with van der Waals surface area (Å²) in [6.45, 7) is 3.96. The zero-order valence-electron chi connectivity index (χ0n) is 16.7. The SMILES string of the molecule is CN=C(NCCS(=O)(=O)N1CCSCC1)NCC(C)Oc1cccc(OC)c1. The number of benzene rings is 1. The molecule has 1 heterocycles. The van der Waals surface area contributed by atoms with Gasteiger partial charge >= 0.3 is 0 Å². The highest BCUT2D eigenvalue weighted by molar-refractivity contribution is 7.99. The third kappa shape index (κ3) is 7.40. The summed E-state index contributed by atoms with van der Waals surface area (Å²) in [5.41, 5.74) is 0. The van der Waals surface area contributed by atoms with E-state index >= 15 is 0 Å². The number of nitrogens with one attached hydrogen (secondary N) is 2. The second-order valence-electron chi connectivity index (χ2n) is 6.31. The van der Waals surface area contributed by atoms with Crippen molar-refractivity contribution in [2.24, 2.45) is 4.99 Å². The Morgan fingerprint density at radius 3 is 2.68 bits per heavy atom. The summed E-state index contributed by atoms with van der Waals surface area (Å²) in [5.74, 6) is 3.78. The predicted molar refractivity (Wildman–Crippen MR) is 115 cm³/mol. The Morgan fingerprint density at radius 1 is 1.29 bits per heavy atom. The molecule has 1 aromatic rings. The molecule has 2 N–H and O–H groups in total. The molecule has 2 rings (SSSR count). The molecule has 158 valence electrons. The fraction of sp³-hybridized carbons (Fsp3) is 0.611. The maximum Gasteiger partial charge on any atom is 0.215 e. The molecule has 0 radical (unpaired) electrons. The van der Waals surface area contributed by atoms with Gasteiger partial charge in [-0.25, -0.2) is 12.7 Å². The first-order valence-corrected chi connectivity index (χ1v) is 12.0. The molecule has 1 aliphatic heterocycles. The van der Waals surface area contributed by atoms with E-state index in [1.54, 1.807) is 30.2 Å². The lowest BCUT2D eigenvalue weighted by Crippen LogP contribution is -2.45. The number of rotatable bonds is 9. The molecule has 1 aliphatic rings. The van der Waals surface area contributed by atoms with Crippen LogP contribution in [-0.2, 0) is 10.0 Å². The minimum Gasteiger partial charge on any atom is -0.497 e. The Bertz CT molecular complexity index is 737. The monoisotopic (exact) mass is 430 g/mol. The Kier molecular flexibility index (Phi) is 9.20. The van der Waals surface area contributed by atoms with Crippen LogP contribution in [0, 0.1) is 0 Å². The van der Waals surface area contributed by atoms with Crippen LogP contribution >= 0.6 is 11.8 Å². The first kappa shape index (κ1) is 22.6. The number of thioether (sulfide) groups is 1. The molecule has 0 saturated carbocycles. The van der Waals surface area contributed by atoms with Crippen LogP contribution in [0.25, 0.3) is 0 Å². The largest absolute Gasteiger partial charge is 0.497 e. The number of sulfonamides is 1. The Labute approximate surface area is 172 Å². The van der Waals surface area contributed by atoms with E-state index in [1.807, 2.05) is 31.2 Å². The maximum absolute atomic E-state index is 12.4. The molecule has 1 fully saturated rings. The zero-order chi connectivity index (χ0) is 20.4. The zero-order valence-corrected chi connectivity index (χ0v) is 18.3. The maximum atomic E-state index is 12.4. The van der Waals surface area contributed by atoms with Gasteiger partial charge in [-0.3, -0.25) is 4.99 Å². The molecule has 0 aliphatic carbocycles. The van der Waals surface area contributed by atoms with Gasteiger partial charge in [0.1, 0.15) is 17.6 Å². The van der Waals surface area contributed by atoms with Gasteiger partial charge in [0.25, 0.3) is 0 Å². The lowest BCUT2D eigenvalue weighted by Gasteiger charge is -2.25. The van der Waals surface area contributed by atoms with Crippen molar-refractivity contribution in [3.63, 3.8) is 0 Å². The highest BCUT2D eigenvalue weighted by Gasteiger charge is 2.23. The third-order valence-corrected chi connectivity index (χ3v) is 6.99. The molecular formula is C18H30N4O4S2. The third-order valence-electron chi connectivity index (χ3n) is 4.17. The van der Waals surface area contributed by atoms with Crippen LogP contribution in [0.1, 0.15) is 6.92 Å². The summed E-state index contributed by atoms with van der Waals surface area (Å²) in [5, 5.41) is 6.21. The topological polar surface area (TPSA) is 92.3 Å². The van der Waals surface area contributed by atoms with E-state index in [-0.39, 0.29) is 11.9 Å². The van der Waals surface area contributed by atoms with Gasteiger partial charge in [-0.2, -0.15) is 11.8 Å². The smallest absolute Gasteiger partial charge is 0.215 e. The van der Waals surface area contributed by atoms with E-state index in [2.05, 4.69) is 15.6 Å². The molecule has 1 aromatic carbocycles. The number of ether oxygens (including phenoxy) is 2. The highest BCUT2D eigenvalue weighted by atomic mass is 32.2. The molecule has 1 atom stereocenters. The minimum atomic E-state index is -3.23. The molecule has 1 saturated heterocycles. The number of methoxy groups -OCH3 is 1. The molecule has 0 amide bonds. The summed E-state index contributed by atoms with van der Waals surface area (Å²) in [6.07, 6.45) is -0.111. The molecule has 1 unspecified atom stereocenters. The average Bonchev–Trinajstić information content (AvgIpc) is 2.71. The van der Waals surface area contributed by atoms with Gasteiger partial charge < -0.3 is 20.1 Å². The number of aliphatic imine (C=N–C) groups is 1. The van der Waals surface area contributed by atoms with Crippen molar-refractivity contribution in [3.8, 4) is 11.5 Å². The second kappa shape index (κ2) is 11.4. The van der Waals surface area contributed by atoms with Crippen LogP contribution in [0.5, 0.6) is 11.5 Å². The Hall–Kier alpha value is -1.65. The summed E-state index contributed by atoms with van der Waals surface area (Å²) in [7, 11) is 0.0397. The quantitative estimate of drug-likeness (QED) is 0.446. The molecule has 0 spiro atoms. The van der Waals surface area contributed by atoms with Gasteiger partial charge in [0.05, 0.1) is 19.4 Å². The molecule has 28 heavy (non-hydrogen) atoms. The normalized spacial score (nSPS) is 17.0. The first-order chi connectivity index (χ1) is 13.4. The van der Waals surface area contributed by atoms with E-state index in [9.17, 15) is 8.42 Å². The van der Waals surface area contributed by atoms with Crippen LogP contribution in [0.4, 0.5) is 0 Å². The molecular weight excluding hydrogens is 400 g/mol. The van der Waals surface area contributed by atoms with Crippen LogP contribution in [0.3, 0.4) is 0 Å². The van der Waals surface area contributed by atoms with Gasteiger partial charge in [-0.1, -0.05) is 6.07 Å². The van der Waals surface area contributed by atoms with Crippen molar-refractivity contribution in [1.82, 2.24) is 14.9 Å². The van der Waals surface area contributed by atoms with Gasteiger partial charge in [-0.05, 0) is 19.1 Å². The number of nitrogens with zero attached hydrogens (tertiary/aromatic N) is 2. The first-order valence-electron chi connectivity index (χ1n) is 9.25. The van der Waals surface area contributed by atoms with Gasteiger partial charge in [0, 0.05) is 44.3 Å². The Balaban J connectivity index is 1.73. The van der Waals surface area contributed by atoms with E-state index in [0.717, 1.165) is 23.0 Å². The van der Waals surface area contributed by atoms with Crippen molar-refractivity contribution in [1.29, 1.82) is 0 Å². The summed E-state index contributed by atoms with van der Waals surface area (Å²) < 4.78 is 37.4.